The molecule has 0 saturated carbocycles. The van der Waals surface area contributed by atoms with Gasteiger partial charge in [-0.3, -0.25) is 4.79 Å². The van der Waals surface area contributed by atoms with E-state index in [0.717, 1.165) is 5.56 Å². The average Bonchev–Trinajstić information content (AvgIpc) is 2.25. The first kappa shape index (κ1) is 11.9. The maximum absolute atomic E-state index is 11.9. The van der Waals surface area contributed by atoms with Crippen molar-refractivity contribution in [1.29, 1.82) is 0 Å². The van der Waals surface area contributed by atoms with E-state index in [1.165, 1.54) is 0 Å². The van der Waals surface area contributed by atoms with Crippen molar-refractivity contribution < 1.29 is 9.53 Å². The zero-order valence-corrected chi connectivity index (χ0v) is 9.19. The predicted octanol–water partition coefficient (Wildman–Crippen LogP) is 1.54. The number of ketones is 1. The van der Waals surface area contributed by atoms with Gasteiger partial charge in [-0.1, -0.05) is 24.3 Å². The van der Waals surface area contributed by atoms with Crippen molar-refractivity contribution in [2.75, 3.05) is 13.7 Å². The zero-order chi connectivity index (χ0) is 11.3. The van der Waals surface area contributed by atoms with Gasteiger partial charge in [0.2, 0.25) is 0 Å². The van der Waals surface area contributed by atoms with Crippen molar-refractivity contribution in [2.45, 2.75) is 19.4 Å². The molecule has 0 fully saturated rings. The normalized spacial score (nSPS) is 12.5. The molecular formula is C12H17NO2. The number of carbonyl (C=O) groups excluding carboxylic acids is 1. The van der Waals surface area contributed by atoms with E-state index in [1.54, 1.807) is 7.11 Å². The van der Waals surface area contributed by atoms with Gasteiger partial charge in [-0.15, -0.1) is 0 Å². The van der Waals surface area contributed by atoms with Gasteiger partial charge < -0.3 is 10.5 Å². The van der Waals surface area contributed by atoms with Crippen molar-refractivity contribution in [2.24, 2.45) is 5.73 Å². The highest BCUT2D eigenvalue weighted by atomic mass is 16.5. The van der Waals surface area contributed by atoms with Gasteiger partial charge >= 0.3 is 0 Å². The Labute approximate surface area is 90.2 Å². The second-order valence-corrected chi connectivity index (χ2v) is 3.57. The lowest BCUT2D eigenvalue weighted by Gasteiger charge is -2.11. The lowest BCUT2D eigenvalue weighted by molar-refractivity contribution is 0.0935. The van der Waals surface area contributed by atoms with Crippen LogP contribution in [0.3, 0.4) is 0 Å². The predicted molar refractivity (Wildman–Crippen MR) is 60.0 cm³/mol. The third-order valence-electron chi connectivity index (χ3n) is 2.38. The molecule has 1 aromatic carbocycles. The SMILES string of the molecule is COCCC(N)C(=O)c1ccccc1C. The van der Waals surface area contributed by atoms with Gasteiger partial charge in [0.1, 0.15) is 0 Å². The van der Waals surface area contributed by atoms with Crippen molar-refractivity contribution in [3.63, 3.8) is 0 Å². The topological polar surface area (TPSA) is 52.3 Å². The Balaban J connectivity index is 2.72. The molecule has 0 heterocycles. The van der Waals surface area contributed by atoms with Gasteiger partial charge in [0.15, 0.2) is 5.78 Å². The number of rotatable bonds is 5. The first-order chi connectivity index (χ1) is 7.16. The lowest BCUT2D eigenvalue weighted by atomic mass is 9.99. The van der Waals surface area contributed by atoms with Crippen LogP contribution in [-0.2, 0) is 4.74 Å². The van der Waals surface area contributed by atoms with E-state index in [0.29, 0.717) is 18.6 Å². The van der Waals surface area contributed by atoms with Crippen LogP contribution in [0.5, 0.6) is 0 Å². The molecular weight excluding hydrogens is 190 g/mol. The van der Waals surface area contributed by atoms with Gasteiger partial charge in [-0.25, -0.2) is 0 Å². The Hall–Kier alpha value is -1.19. The van der Waals surface area contributed by atoms with Crippen LogP contribution in [0.4, 0.5) is 0 Å². The van der Waals surface area contributed by atoms with Crippen molar-refractivity contribution in [3.05, 3.63) is 35.4 Å². The van der Waals surface area contributed by atoms with E-state index in [2.05, 4.69) is 0 Å². The Morgan fingerprint density at radius 2 is 2.13 bits per heavy atom. The third-order valence-corrected chi connectivity index (χ3v) is 2.38. The standard InChI is InChI=1S/C12H17NO2/c1-9-5-3-4-6-10(9)12(14)11(13)7-8-15-2/h3-6,11H,7-8,13H2,1-2H3. The second kappa shape index (κ2) is 5.63. The largest absolute Gasteiger partial charge is 0.385 e. The van der Waals surface area contributed by atoms with Crippen LogP contribution in [0.15, 0.2) is 24.3 Å². The Kier molecular flexibility index (Phi) is 4.46. The third kappa shape index (κ3) is 3.15. The summed E-state index contributed by atoms with van der Waals surface area (Å²) in [4.78, 5) is 11.9. The molecule has 1 atom stereocenters. The number of hydrogen-bond acceptors (Lipinski definition) is 3. The first-order valence-corrected chi connectivity index (χ1v) is 5.01. The monoisotopic (exact) mass is 207 g/mol. The summed E-state index contributed by atoms with van der Waals surface area (Å²) < 4.78 is 4.90. The van der Waals surface area contributed by atoms with Gasteiger partial charge in [0, 0.05) is 19.3 Å². The van der Waals surface area contributed by atoms with Crippen LogP contribution < -0.4 is 5.73 Å². The highest BCUT2D eigenvalue weighted by Crippen LogP contribution is 2.10. The van der Waals surface area contributed by atoms with Gasteiger partial charge in [-0.05, 0) is 18.9 Å². The van der Waals surface area contributed by atoms with E-state index in [9.17, 15) is 4.79 Å². The molecule has 0 radical (unpaired) electrons. The van der Waals surface area contributed by atoms with E-state index in [-0.39, 0.29) is 5.78 Å². The first-order valence-electron chi connectivity index (χ1n) is 5.01. The molecule has 1 unspecified atom stereocenters. The minimum Gasteiger partial charge on any atom is -0.385 e. The quantitative estimate of drug-likeness (QED) is 0.745. The lowest BCUT2D eigenvalue weighted by Crippen LogP contribution is -2.32. The smallest absolute Gasteiger partial charge is 0.179 e. The van der Waals surface area contributed by atoms with E-state index >= 15 is 0 Å². The van der Waals surface area contributed by atoms with Gasteiger partial charge in [0.25, 0.3) is 0 Å². The van der Waals surface area contributed by atoms with Gasteiger partial charge in [0.05, 0.1) is 6.04 Å². The highest BCUT2D eigenvalue weighted by molar-refractivity contribution is 6.01. The number of aryl methyl sites for hydroxylation is 1. The summed E-state index contributed by atoms with van der Waals surface area (Å²) in [6.45, 7) is 2.43. The maximum Gasteiger partial charge on any atom is 0.179 e. The van der Waals surface area contributed by atoms with Crippen LogP contribution >= 0.6 is 0 Å². The zero-order valence-electron chi connectivity index (χ0n) is 9.19. The van der Waals surface area contributed by atoms with Crippen molar-refractivity contribution >= 4 is 5.78 Å². The molecule has 0 aromatic heterocycles. The van der Waals surface area contributed by atoms with Crippen LogP contribution in [0.2, 0.25) is 0 Å². The molecule has 0 aliphatic rings. The fourth-order valence-electron chi connectivity index (χ4n) is 1.43. The molecule has 3 heteroatoms. The number of nitrogens with two attached hydrogens (primary N) is 1. The molecule has 0 aliphatic heterocycles. The number of benzene rings is 1. The fourth-order valence-corrected chi connectivity index (χ4v) is 1.43. The molecule has 2 N–H and O–H groups in total. The van der Waals surface area contributed by atoms with Crippen LogP contribution in [0.1, 0.15) is 22.3 Å². The average molecular weight is 207 g/mol. The second-order valence-electron chi connectivity index (χ2n) is 3.57. The Morgan fingerprint density at radius 1 is 1.47 bits per heavy atom. The van der Waals surface area contributed by atoms with E-state index in [1.807, 2.05) is 31.2 Å². The van der Waals surface area contributed by atoms with Gasteiger partial charge in [-0.2, -0.15) is 0 Å². The molecule has 0 spiro atoms. The summed E-state index contributed by atoms with van der Waals surface area (Å²) in [5, 5.41) is 0. The summed E-state index contributed by atoms with van der Waals surface area (Å²) in [6.07, 6.45) is 0.559. The molecule has 0 aliphatic carbocycles. The van der Waals surface area contributed by atoms with E-state index < -0.39 is 6.04 Å². The number of hydrogen-bond donors (Lipinski definition) is 1. The molecule has 15 heavy (non-hydrogen) atoms. The number of Topliss-reactive ketones (excluding diaryl/α,β-unsaturated/α-hetero) is 1. The highest BCUT2D eigenvalue weighted by Gasteiger charge is 2.16. The number of carbonyl (C=O) groups is 1. The minimum atomic E-state index is -0.467. The minimum absolute atomic E-state index is 0.00912. The summed E-state index contributed by atoms with van der Waals surface area (Å²) in [6, 6.07) is 7.02. The molecule has 1 aromatic rings. The van der Waals surface area contributed by atoms with Crippen LogP contribution in [0.25, 0.3) is 0 Å². The summed E-state index contributed by atoms with van der Waals surface area (Å²) in [5.74, 6) is -0.00912. The van der Waals surface area contributed by atoms with E-state index in [4.69, 9.17) is 10.5 Å². The molecule has 0 bridgehead atoms. The maximum atomic E-state index is 11.9. The Bertz CT molecular complexity index is 336. The van der Waals surface area contributed by atoms with Crippen molar-refractivity contribution in [3.8, 4) is 0 Å². The van der Waals surface area contributed by atoms with Crippen molar-refractivity contribution in [1.82, 2.24) is 0 Å². The molecule has 1 rings (SSSR count). The summed E-state index contributed by atoms with van der Waals surface area (Å²) >= 11 is 0. The van der Waals surface area contributed by atoms with Crippen LogP contribution in [0, 0.1) is 6.92 Å². The summed E-state index contributed by atoms with van der Waals surface area (Å²) in [7, 11) is 1.60. The number of methoxy groups -OCH3 is 1. The molecule has 0 amide bonds. The number of ether oxygens (including phenoxy) is 1. The summed E-state index contributed by atoms with van der Waals surface area (Å²) in [5.41, 5.74) is 7.45. The fraction of sp³-hybridized carbons (Fsp3) is 0.417. The molecule has 82 valence electrons. The van der Waals surface area contributed by atoms with Crippen LogP contribution in [-0.4, -0.2) is 25.5 Å². The Morgan fingerprint density at radius 3 is 2.73 bits per heavy atom. The molecule has 0 saturated heterocycles. The molecule has 3 nitrogen and oxygen atoms in total.